The van der Waals surface area contributed by atoms with Gasteiger partial charge in [-0.3, -0.25) is 4.79 Å². The van der Waals surface area contributed by atoms with Crippen molar-refractivity contribution in [1.29, 1.82) is 0 Å². The molecule has 1 heterocycles. The molecule has 11 nitrogen and oxygen atoms in total. The molecular weight excluding hydrogens is 688 g/mol. The summed E-state index contributed by atoms with van der Waals surface area (Å²) in [5.74, 6) is -1.23. The van der Waals surface area contributed by atoms with Gasteiger partial charge in [-0.2, -0.15) is 13.2 Å². The Hall–Kier alpha value is -5.41. The molecule has 4 N–H and O–H groups in total. The smallest absolute Gasteiger partial charge is 0.424 e. The number of alkyl halides is 3. The van der Waals surface area contributed by atoms with Crippen LogP contribution in [0.25, 0.3) is 11.3 Å². The van der Waals surface area contributed by atoms with Gasteiger partial charge in [0, 0.05) is 36.4 Å². The van der Waals surface area contributed by atoms with Crippen LogP contribution in [0.4, 0.5) is 28.0 Å². The molecule has 0 radical (unpaired) electrons. The molecule has 0 spiro atoms. The minimum atomic E-state index is -5.33. The van der Waals surface area contributed by atoms with Gasteiger partial charge in [0.15, 0.2) is 11.5 Å². The minimum Gasteiger partial charge on any atom is -0.493 e. The summed E-state index contributed by atoms with van der Waals surface area (Å²) in [6.07, 6.45) is -5.45. The summed E-state index contributed by atoms with van der Waals surface area (Å²) in [6.45, 7) is 0.794. The van der Waals surface area contributed by atoms with Crippen LogP contribution < -0.4 is 25.0 Å². The zero-order chi connectivity index (χ0) is 37.7. The van der Waals surface area contributed by atoms with Gasteiger partial charge in [0.1, 0.15) is 19.0 Å². The van der Waals surface area contributed by atoms with Crippen molar-refractivity contribution in [2.24, 2.45) is 0 Å². The molecule has 0 aliphatic carbocycles. The van der Waals surface area contributed by atoms with Crippen LogP contribution in [-0.4, -0.2) is 79.9 Å². The lowest BCUT2D eigenvalue weighted by atomic mass is 9.96. The number of aliphatic hydroxyl groups excluding tert-OH is 1. The quantitative estimate of drug-likeness (QED) is 0.102. The highest BCUT2D eigenvalue weighted by atomic mass is 19.4. The Kier molecular flexibility index (Phi) is 13.8. The maximum atomic E-state index is 14.9. The molecule has 1 atom stereocenters. The van der Waals surface area contributed by atoms with Crippen molar-refractivity contribution in [3.8, 4) is 22.8 Å². The maximum Gasteiger partial charge on any atom is 0.424 e. The molecule has 3 aromatic carbocycles. The average molecular weight is 729 g/mol. The van der Waals surface area contributed by atoms with Crippen molar-refractivity contribution in [2.45, 2.75) is 31.7 Å². The number of methoxy groups -OCH3 is 1. The van der Waals surface area contributed by atoms with Crippen molar-refractivity contribution in [1.82, 2.24) is 15.6 Å². The first kappa shape index (κ1) is 39.4. The Morgan fingerprint density at radius 2 is 1.65 bits per heavy atom. The van der Waals surface area contributed by atoms with Crippen LogP contribution in [0.1, 0.15) is 35.0 Å². The summed E-state index contributed by atoms with van der Waals surface area (Å²) in [6, 6.07) is 20.5. The van der Waals surface area contributed by atoms with Crippen LogP contribution in [0, 0.1) is 5.82 Å². The molecule has 4 aromatic rings. The molecular formula is C37H40F4N4O7. The number of carbonyl (C=O) groups is 2. The number of halogens is 4. The number of aromatic nitrogens is 1. The lowest BCUT2D eigenvalue weighted by Gasteiger charge is -2.32. The molecule has 52 heavy (non-hydrogen) atoms. The molecule has 0 saturated carbocycles. The molecule has 4 rings (SSSR count). The van der Waals surface area contributed by atoms with Crippen LogP contribution in [0.5, 0.6) is 11.5 Å². The summed E-state index contributed by atoms with van der Waals surface area (Å²) in [7, 11) is 1.30. The number of carbonyl (C=O) groups excluding carboxylic acids is 2. The first-order valence-corrected chi connectivity index (χ1v) is 16.4. The maximum absolute atomic E-state index is 14.9. The molecule has 1 unspecified atom stereocenters. The lowest BCUT2D eigenvalue weighted by molar-refractivity contribution is -0.265. The van der Waals surface area contributed by atoms with Gasteiger partial charge in [0.25, 0.3) is 5.91 Å². The van der Waals surface area contributed by atoms with Crippen molar-refractivity contribution in [3.05, 3.63) is 108 Å². The van der Waals surface area contributed by atoms with Crippen LogP contribution in [-0.2, 0) is 16.9 Å². The molecule has 15 heteroatoms. The fraction of sp³-hybridized carbons (Fsp3) is 0.324. The van der Waals surface area contributed by atoms with Gasteiger partial charge in [-0.15, -0.1) is 0 Å². The zero-order valence-corrected chi connectivity index (χ0v) is 28.6. The third-order valence-corrected chi connectivity index (χ3v) is 7.84. The highest BCUT2D eigenvalue weighted by molar-refractivity contribution is 5.95. The number of amides is 2. The van der Waals surface area contributed by atoms with Gasteiger partial charge in [0.2, 0.25) is 5.60 Å². The van der Waals surface area contributed by atoms with E-state index in [0.717, 1.165) is 23.8 Å². The number of pyridine rings is 1. The predicted octanol–water partition coefficient (Wildman–Crippen LogP) is 5.59. The van der Waals surface area contributed by atoms with Gasteiger partial charge in [-0.05, 0) is 66.6 Å². The number of hydrogen-bond donors (Lipinski definition) is 4. The van der Waals surface area contributed by atoms with E-state index < -0.39 is 41.8 Å². The summed E-state index contributed by atoms with van der Waals surface area (Å²) in [4.78, 5) is 31.3. The normalized spacial score (nSPS) is 12.4. The number of aliphatic hydroxyl groups is 2. The Morgan fingerprint density at radius 3 is 2.31 bits per heavy atom. The van der Waals surface area contributed by atoms with Gasteiger partial charge in [-0.25, -0.2) is 14.2 Å². The largest absolute Gasteiger partial charge is 0.493 e. The summed E-state index contributed by atoms with van der Waals surface area (Å²) < 4.78 is 74.2. The van der Waals surface area contributed by atoms with Crippen molar-refractivity contribution < 1.29 is 51.6 Å². The first-order chi connectivity index (χ1) is 24.9. The second kappa shape index (κ2) is 18.2. The highest BCUT2D eigenvalue weighted by Gasteiger charge is 2.56. The van der Waals surface area contributed by atoms with E-state index in [4.69, 9.17) is 19.3 Å². The predicted molar refractivity (Wildman–Crippen MR) is 185 cm³/mol. The number of hydrogen-bond acceptors (Lipinski definition) is 9. The third-order valence-electron chi connectivity index (χ3n) is 7.84. The average Bonchev–Trinajstić information content (AvgIpc) is 3.14. The van der Waals surface area contributed by atoms with Crippen LogP contribution in [0.2, 0.25) is 0 Å². The number of alkyl carbamates (subject to hydrolysis) is 1. The topological polar surface area (TPSA) is 142 Å². The van der Waals surface area contributed by atoms with E-state index in [9.17, 15) is 32.3 Å². The molecule has 0 aliphatic heterocycles. The Labute approximate surface area is 298 Å². The van der Waals surface area contributed by atoms with E-state index in [1.165, 1.54) is 43.5 Å². The molecule has 0 aliphatic rings. The first-order valence-electron chi connectivity index (χ1n) is 16.4. The highest BCUT2D eigenvalue weighted by Crippen LogP contribution is 2.40. The number of ether oxygens (including phenoxy) is 3. The van der Waals surface area contributed by atoms with Gasteiger partial charge in [0.05, 0.1) is 31.6 Å². The van der Waals surface area contributed by atoms with Crippen LogP contribution in [0.3, 0.4) is 0 Å². The molecule has 2 amide bonds. The number of anilines is 1. The lowest BCUT2D eigenvalue weighted by Crippen LogP contribution is -2.51. The van der Waals surface area contributed by atoms with E-state index in [2.05, 4.69) is 15.6 Å². The van der Waals surface area contributed by atoms with E-state index in [1.807, 2.05) is 25.1 Å². The Bertz CT molecular complexity index is 1780. The third kappa shape index (κ3) is 10.3. The van der Waals surface area contributed by atoms with Gasteiger partial charge >= 0.3 is 12.3 Å². The molecule has 0 bridgehead atoms. The van der Waals surface area contributed by atoms with Crippen LogP contribution in [0.15, 0.2) is 84.9 Å². The second-order valence-corrected chi connectivity index (χ2v) is 11.6. The second-order valence-electron chi connectivity index (χ2n) is 11.6. The number of rotatable bonds is 17. The molecule has 0 saturated heterocycles. The number of nitrogens with one attached hydrogen (secondary N) is 2. The summed E-state index contributed by atoms with van der Waals surface area (Å²) in [5.41, 5.74) is -3.30. The van der Waals surface area contributed by atoms with Gasteiger partial charge < -0.3 is 40.0 Å². The number of nitrogens with zero attached hydrogens (tertiary/aromatic N) is 2. The van der Waals surface area contributed by atoms with E-state index >= 15 is 0 Å². The summed E-state index contributed by atoms with van der Waals surface area (Å²) >= 11 is 0. The fourth-order valence-corrected chi connectivity index (χ4v) is 5.12. The van der Waals surface area contributed by atoms with Gasteiger partial charge in [-0.1, -0.05) is 37.3 Å². The van der Waals surface area contributed by atoms with Crippen molar-refractivity contribution in [3.63, 3.8) is 0 Å². The summed E-state index contributed by atoms with van der Waals surface area (Å²) in [5, 5.41) is 25.2. The molecule has 278 valence electrons. The fourth-order valence-electron chi connectivity index (χ4n) is 5.12. The SMILES string of the molecule is CCCN(CCNC(=O)OCc1ccccc1)c1cc(-c2ccc(F)cc2)nc(C(O)(CNC(=O)c2ccc(OCCO)c(OC)c2)C(F)(F)F)c1. The Balaban J connectivity index is 1.62. The monoisotopic (exact) mass is 728 g/mol. The van der Waals surface area contributed by atoms with E-state index in [1.54, 1.807) is 17.0 Å². The minimum absolute atomic E-state index is 0.000962. The van der Waals surface area contributed by atoms with Crippen molar-refractivity contribution >= 4 is 17.7 Å². The molecule has 0 fully saturated rings. The number of benzene rings is 3. The van der Waals surface area contributed by atoms with E-state index in [0.29, 0.717) is 13.0 Å². The van der Waals surface area contributed by atoms with E-state index in [-0.39, 0.29) is 66.9 Å². The zero-order valence-electron chi connectivity index (χ0n) is 28.6. The van der Waals surface area contributed by atoms with Crippen LogP contribution >= 0.6 is 0 Å². The Morgan fingerprint density at radius 1 is 0.923 bits per heavy atom. The standard InChI is InChI=1S/C37H40F4N4O7/c1-3-16-45(17-15-42-35(48)52-23-25-7-5-4-6-8-25)29-21-30(26-9-12-28(38)13-10-26)44-33(22-29)36(49,37(39,40)41)24-43-34(47)27-11-14-31(51-19-18-46)32(20-27)50-2/h4-14,20-22,46,49H,3,15-19,23-24H2,1-2H3,(H,42,48)(H,43,47). The van der Waals surface area contributed by atoms with Crippen molar-refractivity contribution in [2.75, 3.05) is 51.4 Å². The molecule has 1 aromatic heterocycles.